The van der Waals surface area contributed by atoms with Crippen molar-refractivity contribution in [2.24, 2.45) is 11.8 Å². The van der Waals surface area contributed by atoms with Gasteiger partial charge in [-0.25, -0.2) is 0 Å². The summed E-state index contributed by atoms with van der Waals surface area (Å²) in [5, 5.41) is 11.1. The molecule has 18 heavy (non-hydrogen) atoms. The number of hydrogen-bond donors (Lipinski definition) is 0. The van der Waals surface area contributed by atoms with E-state index in [1.54, 1.807) is 0 Å². The topological polar surface area (TPSA) is 60.4 Å². The van der Waals surface area contributed by atoms with Crippen LogP contribution >= 0.6 is 0 Å². The molecule has 1 aliphatic heterocycles. The summed E-state index contributed by atoms with van der Waals surface area (Å²) in [4.78, 5) is 25.5. The number of carbonyl (C=O) groups excluding carboxylic acids is 2. The van der Waals surface area contributed by atoms with Crippen LogP contribution in [0.2, 0.25) is 0 Å². The van der Waals surface area contributed by atoms with E-state index >= 15 is 0 Å². The predicted octanol–water partition coefficient (Wildman–Crippen LogP) is 0.945. The Kier molecular flexibility index (Phi) is 4.61. The molecule has 1 saturated carbocycles. The average Bonchev–Trinajstić information content (AvgIpc) is 2.66. The average molecular weight is 252 g/mol. The van der Waals surface area contributed by atoms with E-state index in [1.807, 2.05) is 4.90 Å². The van der Waals surface area contributed by atoms with Crippen molar-refractivity contribution in [2.75, 3.05) is 13.1 Å². The van der Waals surface area contributed by atoms with Gasteiger partial charge in [0.05, 0.1) is 0 Å². The SMILES string of the molecule is O=C([O-])[C@H]1CCCC[C@H]1C(=O)N1CCCCCC1. The molecule has 2 atom stereocenters. The van der Waals surface area contributed by atoms with Gasteiger partial charge in [-0.2, -0.15) is 0 Å². The summed E-state index contributed by atoms with van der Waals surface area (Å²) in [5.74, 6) is -1.87. The van der Waals surface area contributed by atoms with Crippen LogP contribution in [0.4, 0.5) is 0 Å². The highest BCUT2D eigenvalue weighted by atomic mass is 16.4. The second kappa shape index (κ2) is 6.21. The molecule has 0 spiro atoms. The highest BCUT2D eigenvalue weighted by molar-refractivity contribution is 5.84. The van der Waals surface area contributed by atoms with Gasteiger partial charge in [0, 0.05) is 30.9 Å². The van der Waals surface area contributed by atoms with Gasteiger partial charge in [-0.1, -0.05) is 25.7 Å². The van der Waals surface area contributed by atoms with E-state index in [4.69, 9.17) is 0 Å². The van der Waals surface area contributed by atoms with Crippen molar-refractivity contribution in [3.63, 3.8) is 0 Å². The Bertz CT molecular complexity index is 308. The quantitative estimate of drug-likeness (QED) is 0.735. The van der Waals surface area contributed by atoms with Crippen LogP contribution in [-0.2, 0) is 9.59 Å². The Morgan fingerprint density at radius 2 is 1.39 bits per heavy atom. The molecule has 1 aliphatic carbocycles. The molecule has 0 unspecified atom stereocenters. The number of carboxylic acids is 1. The Morgan fingerprint density at radius 3 is 1.94 bits per heavy atom. The largest absolute Gasteiger partial charge is 0.550 e. The van der Waals surface area contributed by atoms with Gasteiger partial charge >= 0.3 is 0 Å². The number of hydrogen-bond acceptors (Lipinski definition) is 3. The molecule has 4 nitrogen and oxygen atoms in total. The molecule has 0 aromatic rings. The molecular weight excluding hydrogens is 230 g/mol. The maximum Gasteiger partial charge on any atom is 0.226 e. The molecule has 2 aliphatic rings. The van der Waals surface area contributed by atoms with Gasteiger partial charge < -0.3 is 14.8 Å². The number of likely N-dealkylation sites (tertiary alicyclic amines) is 1. The van der Waals surface area contributed by atoms with E-state index in [1.165, 1.54) is 12.8 Å². The molecule has 0 aromatic heterocycles. The van der Waals surface area contributed by atoms with Crippen LogP contribution in [0.5, 0.6) is 0 Å². The monoisotopic (exact) mass is 252 g/mol. The third kappa shape index (κ3) is 3.03. The van der Waals surface area contributed by atoms with E-state index in [0.29, 0.717) is 12.8 Å². The second-order valence-corrected chi connectivity index (χ2v) is 5.56. The van der Waals surface area contributed by atoms with E-state index in [9.17, 15) is 14.7 Å². The third-order valence-electron chi connectivity index (χ3n) is 4.30. The minimum atomic E-state index is -1.04. The first-order valence-electron chi connectivity index (χ1n) is 7.20. The Morgan fingerprint density at radius 1 is 0.833 bits per heavy atom. The first kappa shape index (κ1) is 13.4. The Labute approximate surface area is 108 Å². The van der Waals surface area contributed by atoms with E-state index in [-0.39, 0.29) is 11.8 Å². The van der Waals surface area contributed by atoms with Crippen LogP contribution in [0.15, 0.2) is 0 Å². The van der Waals surface area contributed by atoms with Crippen molar-refractivity contribution in [1.29, 1.82) is 0 Å². The molecule has 1 heterocycles. The maximum absolute atomic E-state index is 12.5. The number of nitrogens with zero attached hydrogens (tertiary/aromatic N) is 1. The number of aliphatic carboxylic acids is 1. The number of amides is 1. The molecule has 0 aromatic carbocycles. The molecular formula is C14H22NO3-. The molecule has 0 radical (unpaired) electrons. The van der Waals surface area contributed by atoms with Gasteiger partial charge in [0.15, 0.2) is 0 Å². The van der Waals surface area contributed by atoms with Crippen molar-refractivity contribution in [3.8, 4) is 0 Å². The summed E-state index contributed by atoms with van der Waals surface area (Å²) >= 11 is 0. The van der Waals surface area contributed by atoms with Crippen molar-refractivity contribution in [1.82, 2.24) is 4.90 Å². The van der Waals surface area contributed by atoms with Crippen molar-refractivity contribution in [3.05, 3.63) is 0 Å². The lowest BCUT2D eigenvalue weighted by molar-refractivity contribution is -0.314. The van der Waals surface area contributed by atoms with Crippen LogP contribution in [-0.4, -0.2) is 29.9 Å². The lowest BCUT2D eigenvalue weighted by Gasteiger charge is -2.34. The first-order chi connectivity index (χ1) is 8.70. The number of carboxylic acid groups (broad SMARTS) is 1. The lowest BCUT2D eigenvalue weighted by atomic mass is 9.78. The van der Waals surface area contributed by atoms with E-state index in [2.05, 4.69) is 0 Å². The normalized spacial score (nSPS) is 29.7. The predicted molar refractivity (Wildman–Crippen MR) is 65.5 cm³/mol. The van der Waals surface area contributed by atoms with Crippen molar-refractivity contribution >= 4 is 11.9 Å². The molecule has 0 N–H and O–H groups in total. The molecule has 4 heteroatoms. The van der Waals surface area contributed by atoms with Gasteiger partial charge in [0.25, 0.3) is 0 Å². The Hall–Kier alpha value is -1.06. The van der Waals surface area contributed by atoms with Gasteiger partial charge in [0.1, 0.15) is 0 Å². The fraction of sp³-hybridized carbons (Fsp3) is 0.857. The first-order valence-corrected chi connectivity index (χ1v) is 7.20. The summed E-state index contributed by atoms with van der Waals surface area (Å²) in [6.07, 6.45) is 7.65. The van der Waals surface area contributed by atoms with E-state index < -0.39 is 11.9 Å². The highest BCUT2D eigenvalue weighted by Gasteiger charge is 2.34. The fourth-order valence-corrected chi connectivity index (χ4v) is 3.23. The Balaban J connectivity index is 2.02. The molecule has 102 valence electrons. The van der Waals surface area contributed by atoms with Crippen LogP contribution in [0.25, 0.3) is 0 Å². The molecule has 1 saturated heterocycles. The fourth-order valence-electron chi connectivity index (χ4n) is 3.23. The van der Waals surface area contributed by atoms with Gasteiger partial charge in [-0.3, -0.25) is 4.79 Å². The zero-order chi connectivity index (χ0) is 13.0. The summed E-state index contributed by atoms with van der Waals surface area (Å²) in [7, 11) is 0. The van der Waals surface area contributed by atoms with Crippen LogP contribution in [0.1, 0.15) is 51.4 Å². The third-order valence-corrected chi connectivity index (χ3v) is 4.30. The summed E-state index contributed by atoms with van der Waals surface area (Å²) in [5.41, 5.74) is 0. The molecule has 0 bridgehead atoms. The summed E-state index contributed by atoms with van der Waals surface area (Å²) in [6.45, 7) is 1.60. The lowest BCUT2D eigenvalue weighted by Crippen LogP contribution is -2.46. The van der Waals surface area contributed by atoms with Crippen molar-refractivity contribution in [2.45, 2.75) is 51.4 Å². The minimum absolute atomic E-state index is 0.0609. The molecule has 1 amide bonds. The van der Waals surface area contributed by atoms with Gasteiger partial charge in [-0.05, 0) is 25.7 Å². The standard InChI is InChI=1S/C14H23NO3/c16-13(15-9-5-1-2-6-10-15)11-7-3-4-8-12(11)14(17)18/h11-12H,1-10H2,(H,17,18)/p-1/t11-,12+/m1/s1. The zero-order valence-electron chi connectivity index (χ0n) is 10.9. The van der Waals surface area contributed by atoms with Crippen LogP contribution in [0.3, 0.4) is 0 Å². The molecule has 2 rings (SSSR count). The van der Waals surface area contributed by atoms with E-state index in [0.717, 1.165) is 38.8 Å². The number of rotatable bonds is 2. The second-order valence-electron chi connectivity index (χ2n) is 5.56. The smallest absolute Gasteiger partial charge is 0.226 e. The summed E-state index contributed by atoms with van der Waals surface area (Å²) in [6, 6.07) is 0. The van der Waals surface area contributed by atoms with Crippen molar-refractivity contribution < 1.29 is 14.7 Å². The van der Waals surface area contributed by atoms with Crippen LogP contribution < -0.4 is 5.11 Å². The maximum atomic E-state index is 12.5. The van der Waals surface area contributed by atoms with Crippen LogP contribution in [0, 0.1) is 11.8 Å². The summed E-state index contributed by atoms with van der Waals surface area (Å²) < 4.78 is 0. The number of carbonyl (C=O) groups is 2. The molecule has 2 fully saturated rings. The highest BCUT2D eigenvalue weighted by Crippen LogP contribution is 2.31. The minimum Gasteiger partial charge on any atom is -0.550 e. The van der Waals surface area contributed by atoms with Gasteiger partial charge in [-0.15, -0.1) is 0 Å². The zero-order valence-corrected chi connectivity index (χ0v) is 10.9. The van der Waals surface area contributed by atoms with Gasteiger partial charge in [0.2, 0.25) is 5.91 Å².